The second kappa shape index (κ2) is 8.29. The molecule has 2 N–H and O–H groups in total. The van der Waals surface area contributed by atoms with E-state index < -0.39 is 10.8 Å². The molecule has 0 unspecified atom stereocenters. The van der Waals surface area contributed by atoms with Crippen LogP contribution < -0.4 is 14.9 Å². The van der Waals surface area contributed by atoms with Crippen LogP contribution >= 0.6 is 0 Å². The van der Waals surface area contributed by atoms with Crippen LogP contribution in [0.5, 0.6) is 17.2 Å². The van der Waals surface area contributed by atoms with Gasteiger partial charge in [0.2, 0.25) is 0 Å². The number of carbonyl (C=O) groups is 1. The SMILES string of the molecule is COc1cc(/C=N/NC(=O)COc2ccc([N+](=O)[O-])cc2)ccc1O. The molecule has 0 spiro atoms. The summed E-state index contributed by atoms with van der Waals surface area (Å²) in [4.78, 5) is 21.6. The number of aromatic hydroxyl groups is 1. The number of rotatable bonds is 7. The van der Waals surface area contributed by atoms with Gasteiger partial charge in [-0.3, -0.25) is 14.9 Å². The number of nitro groups is 1. The number of non-ortho nitro benzene ring substituents is 1. The second-order valence-electron chi connectivity index (χ2n) is 4.76. The summed E-state index contributed by atoms with van der Waals surface area (Å²) >= 11 is 0. The van der Waals surface area contributed by atoms with E-state index in [9.17, 15) is 20.0 Å². The van der Waals surface area contributed by atoms with Crippen LogP contribution in [-0.2, 0) is 4.79 Å². The largest absolute Gasteiger partial charge is 0.504 e. The number of phenolic OH excluding ortho intramolecular Hbond substituents is 1. The van der Waals surface area contributed by atoms with Crippen molar-refractivity contribution in [3.63, 3.8) is 0 Å². The Morgan fingerprint density at radius 2 is 2.04 bits per heavy atom. The third-order valence-electron chi connectivity index (χ3n) is 3.02. The summed E-state index contributed by atoms with van der Waals surface area (Å²) < 4.78 is 10.2. The maximum atomic E-state index is 11.6. The molecular formula is C16H15N3O6. The van der Waals surface area contributed by atoms with Crippen LogP contribution in [-0.4, -0.2) is 35.9 Å². The molecule has 0 saturated carbocycles. The number of hydrogen-bond acceptors (Lipinski definition) is 7. The lowest BCUT2D eigenvalue weighted by atomic mass is 10.2. The zero-order chi connectivity index (χ0) is 18.2. The van der Waals surface area contributed by atoms with Gasteiger partial charge in [-0.2, -0.15) is 5.10 Å². The number of nitrogens with one attached hydrogen (secondary N) is 1. The molecule has 0 aliphatic rings. The van der Waals surface area contributed by atoms with Crippen molar-refractivity contribution in [2.75, 3.05) is 13.7 Å². The lowest BCUT2D eigenvalue weighted by Gasteiger charge is -2.05. The van der Waals surface area contributed by atoms with E-state index in [4.69, 9.17) is 9.47 Å². The van der Waals surface area contributed by atoms with Crippen LogP contribution in [0, 0.1) is 10.1 Å². The molecule has 0 radical (unpaired) electrons. The van der Waals surface area contributed by atoms with Crippen LogP contribution in [0.15, 0.2) is 47.6 Å². The predicted molar refractivity (Wildman–Crippen MR) is 89.0 cm³/mol. The van der Waals surface area contributed by atoms with Gasteiger partial charge in [-0.15, -0.1) is 0 Å². The van der Waals surface area contributed by atoms with Crippen molar-refractivity contribution < 1.29 is 24.3 Å². The van der Waals surface area contributed by atoms with Crippen molar-refractivity contribution in [2.24, 2.45) is 5.10 Å². The summed E-state index contributed by atoms with van der Waals surface area (Å²) in [6.45, 7) is -0.298. The fourth-order valence-corrected chi connectivity index (χ4v) is 1.80. The van der Waals surface area contributed by atoms with Gasteiger partial charge < -0.3 is 14.6 Å². The maximum absolute atomic E-state index is 11.6. The average Bonchev–Trinajstić information content (AvgIpc) is 2.61. The number of ether oxygens (including phenoxy) is 2. The number of amides is 1. The molecular weight excluding hydrogens is 330 g/mol. The van der Waals surface area contributed by atoms with E-state index in [1.54, 1.807) is 12.1 Å². The number of nitrogens with zero attached hydrogens (tertiary/aromatic N) is 2. The lowest BCUT2D eigenvalue weighted by Crippen LogP contribution is -2.24. The first-order valence-electron chi connectivity index (χ1n) is 7.06. The molecule has 0 aliphatic heterocycles. The Hall–Kier alpha value is -3.62. The van der Waals surface area contributed by atoms with E-state index in [2.05, 4.69) is 10.5 Å². The fourth-order valence-electron chi connectivity index (χ4n) is 1.80. The minimum atomic E-state index is -0.524. The van der Waals surface area contributed by atoms with Crippen molar-refractivity contribution in [1.82, 2.24) is 5.43 Å². The Bertz CT molecular complexity index is 789. The third-order valence-corrected chi connectivity index (χ3v) is 3.02. The van der Waals surface area contributed by atoms with Crippen molar-refractivity contribution in [2.45, 2.75) is 0 Å². The Morgan fingerprint density at radius 1 is 1.32 bits per heavy atom. The van der Waals surface area contributed by atoms with E-state index in [0.29, 0.717) is 11.3 Å². The fraction of sp³-hybridized carbons (Fsp3) is 0.125. The Morgan fingerprint density at radius 3 is 2.68 bits per heavy atom. The van der Waals surface area contributed by atoms with E-state index in [1.165, 1.54) is 43.7 Å². The molecule has 0 atom stereocenters. The van der Waals surface area contributed by atoms with Crippen molar-refractivity contribution in [3.8, 4) is 17.2 Å². The molecule has 0 heterocycles. The summed E-state index contributed by atoms with van der Waals surface area (Å²) in [6, 6.07) is 9.96. The van der Waals surface area contributed by atoms with Gasteiger partial charge in [-0.25, -0.2) is 5.43 Å². The number of hydrazone groups is 1. The molecule has 2 rings (SSSR count). The molecule has 25 heavy (non-hydrogen) atoms. The van der Waals surface area contributed by atoms with E-state index in [1.807, 2.05) is 0 Å². The molecule has 1 amide bonds. The molecule has 9 nitrogen and oxygen atoms in total. The van der Waals surface area contributed by atoms with Crippen LogP contribution in [0.1, 0.15) is 5.56 Å². The van der Waals surface area contributed by atoms with Gasteiger partial charge >= 0.3 is 0 Å². The molecule has 0 aromatic heterocycles. The van der Waals surface area contributed by atoms with E-state index in [-0.39, 0.29) is 23.8 Å². The third kappa shape index (κ3) is 5.20. The van der Waals surface area contributed by atoms with Gasteiger partial charge in [0.05, 0.1) is 18.2 Å². The minimum Gasteiger partial charge on any atom is -0.504 e. The van der Waals surface area contributed by atoms with Gasteiger partial charge in [0, 0.05) is 12.1 Å². The van der Waals surface area contributed by atoms with Crippen LogP contribution in [0.3, 0.4) is 0 Å². The highest BCUT2D eigenvalue weighted by Crippen LogP contribution is 2.25. The molecule has 130 valence electrons. The van der Waals surface area contributed by atoms with Crippen molar-refractivity contribution in [3.05, 3.63) is 58.1 Å². The van der Waals surface area contributed by atoms with Gasteiger partial charge in [0.25, 0.3) is 11.6 Å². The quantitative estimate of drug-likeness (QED) is 0.448. The molecule has 2 aromatic carbocycles. The highest BCUT2D eigenvalue weighted by Gasteiger charge is 2.06. The summed E-state index contributed by atoms with van der Waals surface area (Å²) in [5.41, 5.74) is 2.83. The Labute approximate surface area is 142 Å². The van der Waals surface area contributed by atoms with Crippen LogP contribution in [0.4, 0.5) is 5.69 Å². The number of hydrogen-bond donors (Lipinski definition) is 2. The van der Waals surface area contributed by atoms with Crippen molar-refractivity contribution >= 4 is 17.8 Å². The zero-order valence-electron chi connectivity index (χ0n) is 13.2. The number of carbonyl (C=O) groups excluding carboxylic acids is 1. The van der Waals surface area contributed by atoms with Crippen molar-refractivity contribution in [1.29, 1.82) is 0 Å². The maximum Gasteiger partial charge on any atom is 0.277 e. The highest BCUT2D eigenvalue weighted by atomic mass is 16.6. The smallest absolute Gasteiger partial charge is 0.277 e. The summed E-state index contributed by atoms with van der Waals surface area (Å²) in [7, 11) is 1.42. The summed E-state index contributed by atoms with van der Waals surface area (Å²) in [5, 5.41) is 23.8. The van der Waals surface area contributed by atoms with E-state index in [0.717, 1.165) is 0 Å². The summed E-state index contributed by atoms with van der Waals surface area (Å²) in [5.74, 6) is 0.116. The number of benzene rings is 2. The summed E-state index contributed by atoms with van der Waals surface area (Å²) in [6.07, 6.45) is 1.38. The monoisotopic (exact) mass is 345 g/mol. The lowest BCUT2D eigenvalue weighted by molar-refractivity contribution is -0.384. The topological polar surface area (TPSA) is 123 Å². The first-order valence-corrected chi connectivity index (χ1v) is 7.06. The molecule has 2 aromatic rings. The van der Waals surface area contributed by atoms with Gasteiger partial charge in [0.15, 0.2) is 18.1 Å². The number of nitro benzene ring substituents is 1. The molecule has 0 fully saturated rings. The highest BCUT2D eigenvalue weighted by molar-refractivity contribution is 5.83. The second-order valence-corrected chi connectivity index (χ2v) is 4.76. The molecule has 9 heteroatoms. The zero-order valence-corrected chi connectivity index (χ0v) is 13.2. The Kier molecular flexibility index (Phi) is 5.88. The van der Waals surface area contributed by atoms with Gasteiger partial charge in [-0.1, -0.05) is 0 Å². The predicted octanol–water partition coefficient (Wildman–Crippen LogP) is 1.84. The Balaban J connectivity index is 1.83. The molecule has 0 bridgehead atoms. The minimum absolute atomic E-state index is 0.000170. The first kappa shape index (κ1) is 17.7. The van der Waals surface area contributed by atoms with Crippen LogP contribution in [0.2, 0.25) is 0 Å². The van der Waals surface area contributed by atoms with E-state index >= 15 is 0 Å². The number of phenols is 1. The first-order chi connectivity index (χ1) is 12.0. The number of methoxy groups -OCH3 is 1. The molecule has 0 aliphatic carbocycles. The van der Waals surface area contributed by atoms with Crippen LogP contribution in [0.25, 0.3) is 0 Å². The van der Waals surface area contributed by atoms with Gasteiger partial charge in [-0.05, 0) is 35.9 Å². The molecule has 0 saturated heterocycles. The average molecular weight is 345 g/mol. The van der Waals surface area contributed by atoms with Gasteiger partial charge in [0.1, 0.15) is 5.75 Å². The standard InChI is InChI=1S/C16H15N3O6/c1-24-15-8-11(2-7-14(15)20)9-17-18-16(21)10-25-13-5-3-12(4-6-13)19(22)23/h2-9,20H,10H2,1H3,(H,18,21)/b17-9+. The normalized spacial score (nSPS) is 10.4.